The van der Waals surface area contributed by atoms with Crippen molar-refractivity contribution in [2.24, 2.45) is 0 Å². The molecule has 0 amide bonds. The highest BCUT2D eigenvalue weighted by atomic mass is 16.5. The summed E-state index contributed by atoms with van der Waals surface area (Å²) in [4.78, 5) is 10.6. The Labute approximate surface area is 89.8 Å². The van der Waals surface area contributed by atoms with Crippen molar-refractivity contribution in [1.29, 1.82) is 0 Å². The first-order chi connectivity index (χ1) is 7.24. The second kappa shape index (κ2) is 6.76. The van der Waals surface area contributed by atoms with E-state index in [4.69, 9.17) is 14.6 Å². The lowest BCUT2D eigenvalue weighted by molar-refractivity contribution is -0.149. The molecule has 2 N–H and O–H groups in total. The summed E-state index contributed by atoms with van der Waals surface area (Å²) in [5.74, 6) is -0.855. The van der Waals surface area contributed by atoms with Gasteiger partial charge in [0, 0.05) is 19.7 Å². The predicted octanol–water partition coefficient (Wildman–Crippen LogP) is 0.245. The molecule has 0 aromatic carbocycles. The molecule has 1 saturated heterocycles. The number of nitrogens with one attached hydrogen (secondary N) is 1. The van der Waals surface area contributed by atoms with Crippen molar-refractivity contribution >= 4 is 5.97 Å². The molecule has 0 bridgehead atoms. The monoisotopic (exact) mass is 217 g/mol. The average Bonchev–Trinajstić information content (AvgIpc) is 2.66. The minimum atomic E-state index is -0.855. The lowest BCUT2D eigenvalue weighted by Gasteiger charge is -2.12. The van der Waals surface area contributed by atoms with Crippen LogP contribution in [0.15, 0.2) is 0 Å². The maximum absolute atomic E-state index is 10.6. The lowest BCUT2D eigenvalue weighted by atomic mass is 10.2. The van der Waals surface area contributed by atoms with Gasteiger partial charge in [-0.1, -0.05) is 0 Å². The van der Waals surface area contributed by atoms with Gasteiger partial charge in [0.1, 0.15) is 0 Å². The number of hydrogen-bond donors (Lipinski definition) is 2. The molecule has 0 radical (unpaired) electrons. The fraction of sp³-hybridized carbons (Fsp3) is 0.900. The molecule has 2 atom stereocenters. The zero-order chi connectivity index (χ0) is 11.1. The van der Waals surface area contributed by atoms with Crippen LogP contribution in [0, 0.1) is 0 Å². The fourth-order valence-electron chi connectivity index (χ4n) is 1.59. The number of ether oxygens (including phenoxy) is 2. The summed E-state index contributed by atoms with van der Waals surface area (Å²) in [6.45, 7) is 4.86. The number of carboxylic acid groups (broad SMARTS) is 1. The summed E-state index contributed by atoms with van der Waals surface area (Å²) in [7, 11) is 0. The molecule has 15 heavy (non-hydrogen) atoms. The maximum atomic E-state index is 10.6. The normalized spacial score (nSPS) is 25.7. The third-order valence-electron chi connectivity index (χ3n) is 2.38. The van der Waals surface area contributed by atoms with E-state index in [1.165, 1.54) is 0 Å². The van der Waals surface area contributed by atoms with Crippen LogP contribution >= 0.6 is 0 Å². The van der Waals surface area contributed by atoms with E-state index in [9.17, 15) is 4.79 Å². The second-order valence-corrected chi connectivity index (χ2v) is 3.56. The Bertz CT molecular complexity index is 198. The molecular formula is C10H19NO4. The van der Waals surface area contributed by atoms with Gasteiger partial charge in [-0.2, -0.15) is 0 Å². The molecule has 0 saturated carbocycles. The highest BCUT2D eigenvalue weighted by molar-refractivity contribution is 5.72. The van der Waals surface area contributed by atoms with Crippen LogP contribution in [0.2, 0.25) is 0 Å². The molecule has 0 aliphatic carbocycles. The molecule has 1 fully saturated rings. The van der Waals surface area contributed by atoms with E-state index < -0.39 is 12.1 Å². The van der Waals surface area contributed by atoms with Crippen molar-refractivity contribution < 1.29 is 19.4 Å². The number of rotatable bonds is 7. The van der Waals surface area contributed by atoms with Crippen LogP contribution in [0.1, 0.15) is 19.8 Å². The Morgan fingerprint density at radius 1 is 1.60 bits per heavy atom. The molecule has 0 spiro atoms. The third-order valence-corrected chi connectivity index (χ3v) is 2.38. The standard InChI is InChI=1S/C10H19NO4/c1-2-14-6-5-11-7-8-3-4-9(15-8)10(12)13/h8-9,11H,2-7H2,1H3,(H,12,13). The second-order valence-electron chi connectivity index (χ2n) is 3.56. The van der Waals surface area contributed by atoms with Crippen LogP contribution in [-0.2, 0) is 14.3 Å². The molecule has 0 aromatic heterocycles. The summed E-state index contributed by atoms with van der Waals surface area (Å²) in [6.07, 6.45) is 0.863. The van der Waals surface area contributed by atoms with Crippen LogP contribution in [0.5, 0.6) is 0 Å². The van der Waals surface area contributed by atoms with Gasteiger partial charge in [-0.25, -0.2) is 4.79 Å². The van der Waals surface area contributed by atoms with Gasteiger partial charge in [0.25, 0.3) is 0 Å². The van der Waals surface area contributed by atoms with Gasteiger partial charge in [0.05, 0.1) is 12.7 Å². The molecule has 5 heteroatoms. The summed E-state index contributed by atoms with van der Waals surface area (Å²) < 4.78 is 10.5. The molecule has 88 valence electrons. The number of aliphatic carboxylic acids is 1. The lowest BCUT2D eigenvalue weighted by Crippen LogP contribution is -2.31. The summed E-state index contributed by atoms with van der Waals surface area (Å²) in [6, 6.07) is 0. The molecule has 5 nitrogen and oxygen atoms in total. The molecule has 2 unspecified atom stereocenters. The quantitative estimate of drug-likeness (QED) is 0.598. The van der Waals surface area contributed by atoms with E-state index in [0.29, 0.717) is 19.6 Å². The van der Waals surface area contributed by atoms with Crippen molar-refractivity contribution in [3.05, 3.63) is 0 Å². The highest BCUT2D eigenvalue weighted by Gasteiger charge is 2.29. The van der Waals surface area contributed by atoms with Crippen molar-refractivity contribution in [3.63, 3.8) is 0 Å². The van der Waals surface area contributed by atoms with Gasteiger partial charge in [-0.3, -0.25) is 0 Å². The van der Waals surface area contributed by atoms with Crippen LogP contribution in [0.4, 0.5) is 0 Å². The van der Waals surface area contributed by atoms with E-state index in [2.05, 4.69) is 5.32 Å². The number of carbonyl (C=O) groups is 1. The van der Waals surface area contributed by atoms with Gasteiger partial charge < -0.3 is 19.9 Å². The molecule has 1 rings (SSSR count). The van der Waals surface area contributed by atoms with Gasteiger partial charge in [0.2, 0.25) is 0 Å². The van der Waals surface area contributed by atoms with Gasteiger partial charge in [-0.15, -0.1) is 0 Å². The van der Waals surface area contributed by atoms with Crippen molar-refractivity contribution in [2.45, 2.75) is 32.0 Å². The number of hydrogen-bond acceptors (Lipinski definition) is 4. The molecular weight excluding hydrogens is 198 g/mol. The SMILES string of the molecule is CCOCCNCC1CCC(C(=O)O)O1. The van der Waals surface area contributed by atoms with E-state index >= 15 is 0 Å². The van der Waals surface area contributed by atoms with E-state index in [1.807, 2.05) is 6.92 Å². The van der Waals surface area contributed by atoms with Crippen molar-refractivity contribution in [3.8, 4) is 0 Å². The Balaban J connectivity index is 2.01. The van der Waals surface area contributed by atoms with Crippen LogP contribution in [0.25, 0.3) is 0 Å². The van der Waals surface area contributed by atoms with Crippen molar-refractivity contribution in [2.75, 3.05) is 26.3 Å². The first kappa shape index (κ1) is 12.4. The summed E-state index contributed by atoms with van der Waals surface area (Å²) in [5, 5.41) is 11.9. The zero-order valence-electron chi connectivity index (χ0n) is 9.07. The smallest absolute Gasteiger partial charge is 0.332 e. The van der Waals surface area contributed by atoms with Gasteiger partial charge in [0.15, 0.2) is 6.10 Å². The van der Waals surface area contributed by atoms with Crippen LogP contribution in [-0.4, -0.2) is 49.6 Å². The fourth-order valence-corrected chi connectivity index (χ4v) is 1.59. The maximum Gasteiger partial charge on any atom is 0.332 e. The van der Waals surface area contributed by atoms with Gasteiger partial charge in [-0.05, 0) is 19.8 Å². The van der Waals surface area contributed by atoms with Crippen molar-refractivity contribution in [1.82, 2.24) is 5.32 Å². The topological polar surface area (TPSA) is 67.8 Å². The first-order valence-electron chi connectivity index (χ1n) is 5.40. The summed E-state index contributed by atoms with van der Waals surface area (Å²) in [5.41, 5.74) is 0. The Morgan fingerprint density at radius 2 is 2.40 bits per heavy atom. The molecule has 0 aromatic rings. The Kier molecular flexibility index (Phi) is 5.60. The van der Waals surface area contributed by atoms with Crippen LogP contribution < -0.4 is 5.32 Å². The highest BCUT2D eigenvalue weighted by Crippen LogP contribution is 2.18. The molecule has 1 heterocycles. The van der Waals surface area contributed by atoms with E-state index in [1.54, 1.807) is 0 Å². The zero-order valence-corrected chi connectivity index (χ0v) is 9.07. The predicted molar refractivity (Wildman–Crippen MR) is 54.9 cm³/mol. The van der Waals surface area contributed by atoms with Gasteiger partial charge >= 0.3 is 5.97 Å². The molecule has 1 aliphatic heterocycles. The third kappa shape index (κ3) is 4.59. The number of carboxylic acids is 1. The summed E-state index contributed by atoms with van der Waals surface area (Å²) >= 11 is 0. The van der Waals surface area contributed by atoms with E-state index in [-0.39, 0.29) is 6.10 Å². The Morgan fingerprint density at radius 3 is 3.00 bits per heavy atom. The first-order valence-corrected chi connectivity index (χ1v) is 5.40. The Hall–Kier alpha value is -0.650. The van der Waals surface area contributed by atoms with E-state index in [0.717, 1.165) is 19.6 Å². The molecule has 1 aliphatic rings. The average molecular weight is 217 g/mol. The minimum Gasteiger partial charge on any atom is -0.479 e. The minimum absolute atomic E-state index is 0.0349. The largest absolute Gasteiger partial charge is 0.479 e. The van der Waals surface area contributed by atoms with Crippen LogP contribution in [0.3, 0.4) is 0 Å².